The van der Waals surface area contributed by atoms with E-state index in [1.807, 2.05) is 0 Å². The van der Waals surface area contributed by atoms with E-state index in [-0.39, 0.29) is 11.5 Å². The first-order valence-corrected chi connectivity index (χ1v) is 8.98. The number of rotatable bonds is 4. The Kier molecular flexibility index (Phi) is 4.84. The second-order valence-electron chi connectivity index (χ2n) is 6.74. The van der Waals surface area contributed by atoms with E-state index in [9.17, 15) is 17.6 Å². The monoisotopic (exact) mass is 416 g/mol. The van der Waals surface area contributed by atoms with Crippen LogP contribution >= 0.6 is 0 Å². The van der Waals surface area contributed by atoms with E-state index in [2.05, 4.69) is 25.6 Å². The fourth-order valence-electron chi connectivity index (χ4n) is 3.14. The SMILES string of the molecule is Cc1c(NC(c2cccc(F)c2)c2ccccn2)nn2c(C(F)(F)F)nnc2c1C. The molecule has 1 unspecified atom stereocenters. The van der Waals surface area contributed by atoms with Crippen LogP contribution in [0.4, 0.5) is 23.4 Å². The van der Waals surface area contributed by atoms with Gasteiger partial charge in [0.15, 0.2) is 11.5 Å². The number of hydrogen-bond donors (Lipinski definition) is 1. The Morgan fingerprint density at radius 1 is 1.00 bits per heavy atom. The Morgan fingerprint density at radius 2 is 1.80 bits per heavy atom. The number of nitrogens with one attached hydrogen (secondary N) is 1. The van der Waals surface area contributed by atoms with Crippen LogP contribution in [-0.4, -0.2) is 24.8 Å². The molecule has 0 aliphatic carbocycles. The first-order chi connectivity index (χ1) is 14.3. The lowest BCUT2D eigenvalue weighted by Crippen LogP contribution is -2.19. The fourth-order valence-corrected chi connectivity index (χ4v) is 3.14. The first kappa shape index (κ1) is 19.7. The molecule has 0 saturated carbocycles. The van der Waals surface area contributed by atoms with Gasteiger partial charge in [-0.3, -0.25) is 4.98 Å². The number of aryl methyl sites for hydroxylation is 1. The summed E-state index contributed by atoms with van der Waals surface area (Å²) in [5, 5.41) is 14.1. The van der Waals surface area contributed by atoms with Crippen molar-refractivity contribution < 1.29 is 17.6 Å². The molecule has 0 radical (unpaired) electrons. The molecule has 0 aliphatic heterocycles. The lowest BCUT2D eigenvalue weighted by Gasteiger charge is -2.21. The summed E-state index contributed by atoms with van der Waals surface area (Å²) in [6, 6.07) is 10.5. The number of anilines is 1. The van der Waals surface area contributed by atoms with Gasteiger partial charge in [0.25, 0.3) is 5.82 Å². The average molecular weight is 416 g/mol. The summed E-state index contributed by atoms with van der Waals surface area (Å²) in [6.07, 6.45) is -3.13. The maximum absolute atomic E-state index is 13.9. The number of fused-ring (bicyclic) bond motifs is 1. The third-order valence-electron chi connectivity index (χ3n) is 4.79. The topological polar surface area (TPSA) is 68.0 Å². The van der Waals surface area contributed by atoms with Gasteiger partial charge in [0.05, 0.1) is 11.7 Å². The van der Waals surface area contributed by atoms with E-state index < -0.39 is 23.9 Å². The molecular formula is C20H16F4N6. The number of pyridine rings is 1. The molecule has 0 spiro atoms. The molecule has 3 aromatic heterocycles. The summed E-state index contributed by atoms with van der Waals surface area (Å²) < 4.78 is 54.5. The van der Waals surface area contributed by atoms with Crippen molar-refractivity contribution in [2.75, 3.05) is 5.32 Å². The van der Waals surface area contributed by atoms with Crippen molar-refractivity contribution >= 4 is 11.5 Å². The summed E-state index contributed by atoms with van der Waals surface area (Å²) in [6.45, 7) is 3.36. The largest absolute Gasteiger partial charge is 0.453 e. The number of aromatic nitrogens is 5. The van der Waals surface area contributed by atoms with Gasteiger partial charge in [-0.2, -0.15) is 17.7 Å². The summed E-state index contributed by atoms with van der Waals surface area (Å²) in [5.74, 6) is -1.47. The maximum atomic E-state index is 13.9. The second-order valence-corrected chi connectivity index (χ2v) is 6.74. The van der Waals surface area contributed by atoms with Crippen LogP contribution in [0.25, 0.3) is 5.65 Å². The van der Waals surface area contributed by atoms with Gasteiger partial charge < -0.3 is 5.32 Å². The number of benzene rings is 1. The van der Waals surface area contributed by atoms with E-state index in [0.717, 1.165) is 0 Å². The quantitative estimate of drug-likeness (QED) is 0.497. The lowest BCUT2D eigenvalue weighted by atomic mass is 10.0. The number of halogens is 4. The van der Waals surface area contributed by atoms with Crippen LogP contribution in [0.1, 0.15) is 34.3 Å². The second kappa shape index (κ2) is 7.36. The smallest absolute Gasteiger partial charge is 0.356 e. The summed E-state index contributed by atoms with van der Waals surface area (Å²) in [5.41, 5.74) is 2.22. The molecule has 0 saturated heterocycles. The highest BCUT2D eigenvalue weighted by Crippen LogP contribution is 2.32. The summed E-state index contributed by atoms with van der Waals surface area (Å²) in [7, 11) is 0. The Labute approximate surface area is 168 Å². The predicted octanol–water partition coefficient (Wildman–Crippen LogP) is 4.50. The molecule has 1 aromatic carbocycles. The minimum atomic E-state index is -4.71. The highest BCUT2D eigenvalue weighted by atomic mass is 19.4. The molecule has 3 heterocycles. The van der Waals surface area contributed by atoms with Gasteiger partial charge in [0.1, 0.15) is 5.82 Å². The maximum Gasteiger partial charge on any atom is 0.453 e. The van der Waals surface area contributed by atoms with Crippen molar-refractivity contribution in [3.63, 3.8) is 0 Å². The van der Waals surface area contributed by atoms with Crippen LogP contribution in [0.5, 0.6) is 0 Å². The molecule has 0 fully saturated rings. The van der Waals surface area contributed by atoms with E-state index in [4.69, 9.17) is 0 Å². The zero-order chi connectivity index (χ0) is 21.5. The van der Waals surface area contributed by atoms with Gasteiger partial charge in [-0.15, -0.1) is 15.3 Å². The third kappa shape index (κ3) is 3.56. The zero-order valence-electron chi connectivity index (χ0n) is 15.9. The molecule has 4 aromatic rings. The van der Waals surface area contributed by atoms with E-state index in [1.54, 1.807) is 50.4 Å². The number of hydrogen-bond acceptors (Lipinski definition) is 5. The first-order valence-electron chi connectivity index (χ1n) is 8.98. The van der Waals surface area contributed by atoms with Crippen molar-refractivity contribution in [3.8, 4) is 0 Å². The number of alkyl halides is 3. The minimum absolute atomic E-state index is 0.0190. The molecule has 10 heteroatoms. The van der Waals surface area contributed by atoms with Gasteiger partial charge >= 0.3 is 6.18 Å². The molecule has 154 valence electrons. The van der Waals surface area contributed by atoms with E-state index in [0.29, 0.717) is 26.9 Å². The van der Waals surface area contributed by atoms with Gasteiger partial charge in [0.2, 0.25) is 0 Å². The molecule has 0 bridgehead atoms. The van der Waals surface area contributed by atoms with Gasteiger partial charge in [0, 0.05) is 11.8 Å². The third-order valence-corrected chi connectivity index (χ3v) is 4.79. The minimum Gasteiger partial charge on any atom is -0.356 e. The normalized spacial score (nSPS) is 12.9. The summed E-state index contributed by atoms with van der Waals surface area (Å²) >= 11 is 0. The van der Waals surface area contributed by atoms with Crippen molar-refractivity contribution in [2.45, 2.75) is 26.1 Å². The molecule has 1 atom stereocenters. The lowest BCUT2D eigenvalue weighted by molar-refractivity contribution is -0.146. The standard InChI is InChI=1S/C20H16F4N6/c1-11-12(2)18-27-28-19(20(22,23)24)30(18)29-17(11)26-16(15-8-3-4-9-25-15)13-6-5-7-14(21)10-13/h3-10,16H,1-2H3,(H,26,29). The molecule has 0 amide bonds. The van der Waals surface area contributed by atoms with Crippen molar-refractivity contribution in [1.82, 2.24) is 24.8 Å². The molecule has 30 heavy (non-hydrogen) atoms. The van der Waals surface area contributed by atoms with Gasteiger partial charge in [-0.1, -0.05) is 18.2 Å². The molecular weight excluding hydrogens is 400 g/mol. The Balaban J connectivity index is 1.86. The van der Waals surface area contributed by atoms with Crippen LogP contribution in [0.3, 0.4) is 0 Å². The fraction of sp³-hybridized carbons (Fsp3) is 0.200. The average Bonchev–Trinajstić information content (AvgIpc) is 3.15. The molecule has 6 nitrogen and oxygen atoms in total. The highest BCUT2D eigenvalue weighted by Gasteiger charge is 2.38. The van der Waals surface area contributed by atoms with Crippen LogP contribution in [-0.2, 0) is 6.18 Å². The van der Waals surface area contributed by atoms with E-state index >= 15 is 0 Å². The van der Waals surface area contributed by atoms with Crippen LogP contribution in [0.2, 0.25) is 0 Å². The van der Waals surface area contributed by atoms with Gasteiger partial charge in [-0.25, -0.2) is 4.39 Å². The molecule has 1 N–H and O–H groups in total. The van der Waals surface area contributed by atoms with Gasteiger partial charge in [-0.05, 0) is 49.2 Å². The van der Waals surface area contributed by atoms with Crippen LogP contribution < -0.4 is 5.32 Å². The molecule has 4 rings (SSSR count). The van der Waals surface area contributed by atoms with Crippen molar-refractivity contribution in [3.05, 3.63) is 82.7 Å². The Morgan fingerprint density at radius 3 is 2.47 bits per heavy atom. The van der Waals surface area contributed by atoms with Crippen LogP contribution in [0.15, 0.2) is 48.7 Å². The summed E-state index contributed by atoms with van der Waals surface area (Å²) in [4.78, 5) is 4.32. The highest BCUT2D eigenvalue weighted by molar-refractivity contribution is 5.59. The predicted molar refractivity (Wildman–Crippen MR) is 101 cm³/mol. The Bertz CT molecular complexity index is 1200. The molecule has 0 aliphatic rings. The number of nitrogens with zero attached hydrogens (tertiary/aromatic N) is 5. The van der Waals surface area contributed by atoms with Crippen molar-refractivity contribution in [2.24, 2.45) is 0 Å². The van der Waals surface area contributed by atoms with Crippen molar-refractivity contribution in [1.29, 1.82) is 0 Å². The zero-order valence-corrected chi connectivity index (χ0v) is 15.9. The van der Waals surface area contributed by atoms with Crippen LogP contribution in [0, 0.1) is 19.7 Å². The van der Waals surface area contributed by atoms with E-state index in [1.165, 1.54) is 12.1 Å². The Hall–Kier alpha value is -3.56.